The molecule has 4 nitrogen and oxygen atoms in total. The van der Waals surface area contributed by atoms with Crippen molar-refractivity contribution in [2.45, 2.75) is 19.4 Å². The first kappa shape index (κ1) is 11.5. The first-order valence-electron chi connectivity index (χ1n) is 4.29. The molecule has 0 spiro atoms. The fourth-order valence-corrected chi connectivity index (χ4v) is 1.22. The molecule has 0 saturated carbocycles. The van der Waals surface area contributed by atoms with E-state index in [0.29, 0.717) is 6.07 Å². The maximum atomic E-state index is 13.2. The Hall–Kier alpha value is -1.56. The zero-order valence-electron chi connectivity index (χ0n) is 8.04. The zero-order chi connectivity index (χ0) is 11.6. The molecule has 0 fully saturated rings. The summed E-state index contributed by atoms with van der Waals surface area (Å²) in [5.41, 5.74) is 4.61. The van der Waals surface area contributed by atoms with Gasteiger partial charge in [0, 0.05) is 6.04 Å². The summed E-state index contributed by atoms with van der Waals surface area (Å²) in [5.74, 6) is -1.85. The van der Waals surface area contributed by atoms with Crippen molar-refractivity contribution >= 4 is 5.69 Å². The third-order valence-electron chi connectivity index (χ3n) is 1.85. The number of hydrogen-bond acceptors (Lipinski definition) is 3. The minimum Gasteiger partial charge on any atom is -0.328 e. The van der Waals surface area contributed by atoms with Gasteiger partial charge in [-0.15, -0.1) is 0 Å². The molecule has 0 aromatic heterocycles. The van der Waals surface area contributed by atoms with Crippen molar-refractivity contribution in [3.8, 4) is 0 Å². The maximum absolute atomic E-state index is 13.2. The normalized spacial score (nSPS) is 12.5. The lowest BCUT2D eigenvalue weighted by molar-refractivity contribution is -0.387. The lowest BCUT2D eigenvalue weighted by Crippen LogP contribution is -2.18. The number of nitro groups is 1. The van der Waals surface area contributed by atoms with Gasteiger partial charge in [0.05, 0.1) is 11.0 Å². The van der Waals surface area contributed by atoms with Crippen LogP contribution in [-0.2, 0) is 6.42 Å². The van der Waals surface area contributed by atoms with Gasteiger partial charge >= 0.3 is 5.69 Å². The number of nitro benzene ring substituents is 1. The third kappa shape index (κ3) is 2.69. The van der Waals surface area contributed by atoms with Crippen molar-refractivity contribution in [1.29, 1.82) is 0 Å². The molecule has 82 valence electrons. The Bertz CT molecular complexity index is 394. The Morgan fingerprint density at radius 2 is 2.07 bits per heavy atom. The first-order valence-corrected chi connectivity index (χ1v) is 4.29. The topological polar surface area (TPSA) is 69.2 Å². The van der Waals surface area contributed by atoms with Gasteiger partial charge in [-0.25, -0.2) is 4.39 Å². The summed E-state index contributed by atoms with van der Waals surface area (Å²) in [5, 5.41) is 10.3. The van der Waals surface area contributed by atoms with Crippen LogP contribution in [0.25, 0.3) is 0 Å². The molecule has 0 aliphatic rings. The third-order valence-corrected chi connectivity index (χ3v) is 1.85. The second-order valence-electron chi connectivity index (χ2n) is 3.33. The SMILES string of the molecule is C[C@@H](N)Cc1cc(F)c([N+](=O)[O-])cc1F. The van der Waals surface area contributed by atoms with Gasteiger partial charge < -0.3 is 5.73 Å². The highest BCUT2D eigenvalue weighted by molar-refractivity contribution is 5.36. The molecule has 0 saturated heterocycles. The number of halogens is 2. The second kappa shape index (κ2) is 4.31. The molecule has 0 amide bonds. The van der Waals surface area contributed by atoms with Crippen LogP contribution in [0.2, 0.25) is 0 Å². The summed E-state index contributed by atoms with van der Waals surface area (Å²) < 4.78 is 26.3. The molecular weight excluding hydrogens is 206 g/mol. The van der Waals surface area contributed by atoms with Crippen LogP contribution in [0.5, 0.6) is 0 Å². The van der Waals surface area contributed by atoms with Crippen LogP contribution in [0.15, 0.2) is 12.1 Å². The van der Waals surface area contributed by atoms with Crippen LogP contribution in [0.4, 0.5) is 14.5 Å². The summed E-state index contributed by atoms with van der Waals surface area (Å²) in [6, 6.07) is 1.06. The minimum absolute atomic E-state index is 0.0492. The van der Waals surface area contributed by atoms with E-state index in [2.05, 4.69) is 0 Å². The van der Waals surface area contributed by atoms with Crippen molar-refractivity contribution in [2.75, 3.05) is 0 Å². The van der Waals surface area contributed by atoms with E-state index < -0.39 is 22.2 Å². The Morgan fingerprint density at radius 3 is 2.53 bits per heavy atom. The average Bonchev–Trinajstić information content (AvgIpc) is 2.09. The Labute approximate surface area is 84.9 Å². The van der Waals surface area contributed by atoms with Gasteiger partial charge in [0.25, 0.3) is 0 Å². The average molecular weight is 216 g/mol. The summed E-state index contributed by atoms with van der Waals surface area (Å²) in [4.78, 5) is 9.32. The molecule has 1 atom stereocenters. The van der Waals surface area contributed by atoms with Crippen LogP contribution in [0, 0.1) is 21.7 Å². The van der Waals surface area contributed by atoms with E-state index in [1.165, 1.54) is 0 Å². The van der Waals surface area contributed by atoms with Crippen molar-refractivity contribution < 1.29 is 13.7 Å². The van der Waals surface area contributed by atoms with Gasteiger partial charge in [0.2, 0.25) is 5.82 Å². The predicted molar refractivity (Wildman–Crippen MR) is 50.4 cm³/mol. The highest BCUT2D eigenvalue weighted by Crippen LogP contribution is 2.21. The Morgan fingerprint density at radius 1 is 1.47 bits per heavy atom. The van der Waals surface area contributed by atoms with E-state index in [4.69, 9.17) is 5.73 Å². The van der Waals surface area contributed by atoms with Crippen LogP contribution in [0.1, 0.15) is 12.5 Å². The van der Waals surface area contributed by atoms with Gasteiger partial charge in [-0.05, 0) is 25.0 Å². The van der Waals surface area contributed by atoms with Crippen molar-refractivity contribution in [2.24, 2.45) is 5.73 Å². The van der Waals surface area contributed by atoms with Crippen molar-refractivity contribution in [3.05, 3.63) is 39.4 Å². The highest BCUT2D eigenvalue weighted by atomic mass is 19.1. The lowest BCUT2D eigenvalue weighted by Gasteiger charge is -2.06. The molecule has 1 aromatic carbocycles. The first-order chi connectivity index (χ1) is 6.91. The number of rotatable bonds is 3. The van der Waals surface area contributed by atoms with E-state index >= 15 is 0 Å². The van der Waals surface area contributed by atoms with Crippen LogP contribution in [0.3, 0.4) is 0 Å². The second-order valence-corrected chi connectivity index (χ2v) is 3.33. The van der Waals surface area contributed by atoms with Crippen molar-refractivity contribution in [3.63, 3.8) is 0 Å². The van der Waals surface area contributed by atoms with Crippen LogP contribution >= 0.6 is 0 Å². The van der Waals surface area contributed by atoms with E-state index in [-0.39, 0.29) is 18.0 Å². The summed E-state index contributed by atoms with van der Waals surface area (Å²) >= 11 is 0. The monoisotopic (exact) mass is 216 g/mol. The van der Waals surface area contributed by atoms with Crippen molar-refractivity contribution in [1.82, 2.24) is 0 Å². The maximum Gasteiger partial charge on any atom is 0.307 e. The molecule has 0 heterocycles. The molecule has 0 aliphatic heterocycles. The molecule has 0 unspecified atom stereocenters. The Kier molecular flexibility index (Phi) is 3.31. The van der Waals surface area contributed by atoms with E-state index in [9.17, 15) is 18.9 Å². The van der Waals surface area contributed by atoms with Gasteiger partial charge in [-0.1, -0.05) is 0 Å². The standard InChI is InChI=1S/C9H10F2N2O2/c1-5(12)2-6-3-8(11)9(13(14)15)4-7(6)10/h3-5H,2,12H2,1H3/t5-/m1/s1. The molecule has 15 heavy (non-hydrogen) atoms. The lowest BCUT2D eigenvalue weighted by atomic mass is 10.1. The smallest absolute Gasteiger partial charge is 0.307 e. The molecule has 0 bridgehead atoms. The number of nitrogens with two attached hydrogens (primary N) is 1. The molecule has 1 aromatic rings. The number of nitrogens with zero attached hydrogens (tertiary/aromatic N) is 1. The summed E-state index contributed by atoms with van der Waals surface area (Å²) in [6.07, 6.45) is 0.140. The van der Waals surface area contributed by atoms with Crippen LogP contribution < -0.4 is 5.73 Å². The highest BCUT2D eigenvalue weighted by Gasteiger charge is 2.18. The summed E-state index contributed by atoms with van der Waals surface area (Å²) in [6.45, 7) is 1.64. The van der Waals surface area contributed by atoms with Crippen LogP contribution in [-0.4, -0.2) is 11.0 Å². The fourth-order valence-electron chi connectivity index (χ4n) is 1.22. The molecular formula is C9H10F2N2O2. The molecule has 0 aliphatic carbocycles. The van der Waals surface area contributed by atoms with E-state index in [0.717, 1.165) is 6.07 Å². The Balaban J connectivity index is 3.13. The van der Waals surface area contributed by atoms with E-state index in [1.807, 2.05) is 0 Å². The number of benzene rings is 1. The quantitative estimate of drug-likeness (QED) is 0.618. The summed E-state index contributed by atoms with van der Waals surface area (Å²) in [7, 11) is 0. The predicted octanol–water partition coefficient (Wildman–Crippen LogP) is 1.76. The fraction of sp³-hybridized carbons (Fsp3) is 0.333. The van der Waals surface area contributed by atoms with Gasteiger partial charge in [-0.3, -0.25) is 10.1 Å². The largest absolute Gasteiger partial charge is 0.328 e. The van der Waals surface area contributed by atoms with Gasteiger partial charge in [0.1, 0.15) is 5.82 Å². The zero-order valence-corrected chi connectivity index (χ0v) is 8.04. The van der Waals surface area contributed by atoms with Gasteiger partial charge in [-0.2, -0.15) is 4.39 Å². The minimum atomic E-state index is -1.04. The molecule has 2 N–H and O–H groups in total. The van der Waals surface area contributed by atoms with E-state index in [1.54, 1.807) is 6.92 Å². The van der Waals surface area contributed by atoms with Gasteiger partial charge in [0.15, 0.2) is 0 Å². The molecule has 6 heteroatoms. The molecule has 0 radical (unpaired) electrons. The molecule has 1 rings (SSSR count). The number of hydrogen-bond donors (Lipinski definition) is 1.